The number of methoxy groups -OCH3 is 1. The molecular formula is C25H25NO6S. The van der Waals surface area contributed by atoms with Crippen molar-refractivity contribution in [3.8, 4) is 11.5 Å². The van der Waals surface area contributed by atoms with Crippen LogP contribution in [0.5, 0.6) is 11.5 Å². The van der Waals surface area contributed by atoms with E-state index in [1.54, 1.807) is 43.5 Å². The fourth-order valence-corrected chi connectivity index (χ4v) is 5.59. The van der Waals surface area contributed by atoms with Crippen LogP contribution in [0.4, 0.5) is 5.69 Å². The van der Waals surface area contributed by atoms with E-state index >= 15 is 0 Å². The summed E-state index contributed by atoms with van der Waals surface area (Å²) in [5.74, 6) is 0.732. The number of anilines is 1. The van der Waals surface area contributed by atoms with Crippen molar-refractivity contribution in [1.82, 2.24) is 0 Å². The molecule has 4 rings (SSSR count). The first kappa shape index (κ1) is 22.7. The topological polar surface area (TPSA) is 82.1 Å². The number of carbonyl (C=O) groups is 1. The maximum absolute atomic E-state index is 13.4. The molecule has 0 aromatic heterocycles. The number of fused-ring (bicyclic) bond motifs is 1. The molecule has 0 saturated carbocycles. The molecule has 3 aromatic rings. The van der Waals surface area contributed by atoms with Gasteiger partial charge in [-0.25, -0.2) is 13.2 Å². The van der Waals surface area contributed by atoms with Crippen molar-refractivity contribution in [1.29, 1.82) is 0 Å². The molecule has 1 aliphatic heterocycles. The lowest BCUT2D eigenvalue weighted by Gasteiger charge is -2.24. The lowest BCUT2D eigenvalue weighted by Crippen LogP contribution is -2.35. The molecule has 1 heterocycles. The van der Waals surface area contributed by atoms with Crippen LogP contribution in [0.25, 0.3) is 0 Å². The van der Waals surface area contributed by atoms with Gasteiger partial charge < -0.3 is 14.2 Å². The molecule has 0 aliphatic carbocycles. The standard InChI is InChI=1S/C25H25NO6S/c1-18-16-19-6-3-4-9-24(19)26(18)33(28,29)23-8-5-7-20(17-23)25(27)32-15-14-31-22-12-10-21(30-2)11-13-22/h3-13,17-18H,14-16H2,1-2H3. The van der Waals surface area contributed by atoms with Crippen LogP contribution in [0.3, 0.4) is 0 Å². The summed E-state index contributed by atoms with van der Waals surface area (Å²) in [4.78, 5) is 12.6. The Kier molecular flexibility index (Phi) is 6.55. The van der Waals surface area contributed by atoms with Crippen molar-refractivity contribution in [2.45, 2.75) is 24.3 Å². The van der Waals surface area contributed by atoms with Gasteiger partial charge in [0.2, 0.25) is 0 Å². The molecular weight excluding hydrogens is 442 g/mol. The van der Waals surface area contributed by atoms with Crippen LogP contribution < -0.4 is 13.8 Å². The number of sulfonamides is 1. The van der Waals surface area contributed by atoms with Crippen LogP contribution >= 0.6 is 0 Å². The summed E-state index contributed by atoms with van der Waals surface area (Å²) in [6, 6.07) is 20.2. The highest BCUT2D eigenvalue weighted by molar-refractivity contribution is 7.92. The molecule has 1 aliphatic rings. The molecule has 33 heavy (non-hydrogen) atoms. The Balaban J connectivity index is 1.41. The van der Waals surface area contributed by atoms with Crippen molar-refractivity contribution in [2.24, 2.45) is 0 Å². The van der Waals surface area contributed by atoms with E-state index in [2.05, 4.69) is 0 Å². The molecule has 7 nitrogen and oxygen atoms in total. The minimum Gasteiger partial charge on any atom is -0.497 e. The van der Waals surface area contributed by atoms with Crippen molar-refractivity contribution in [3.63, 3.8) is 0 Å². The highest BCUT2D eigenvalue weighted by atomic mass is 32.2. The second-order valence-electron chi connectivity index (χ2n) is 7.67. The quantitative estimate of drug-likeness (QED) is 0.367. The van der Waals surface area contributed by atoms with E-state index in [4.69, 9.17) is 14.2 Å². The third-order valence-electron chi connectivity index (χ3n) is 5.42. The molecule has 1 unspecified atom stereocenters. The second-order valence-corrected chi connectivity index (χ2v) is 9.49. The smallest absolute Gasteiger partial charge is 0.338 e. The van der Waals surface area contributed by atoms with E-state index in [0.29, 0.717) is 17.9 Å². The molecule has 0 bridgehead atoms. The Morgan fingerprint density at radius 1 is 0.970 bits per heavy atom. The maximum Gasteiger partial charge on any atom is 0.338 e. The van der Waals surface area contributed by atoms with Gasteiger partial charge in [0.1, 0.15) is 24.7 Å². The first-order valence-corrected chi connectivity index (χ1v) is 12.0. The number of hydrogen-bond acceptors (Lipinski definition) is 6. The van der Waals surface area contributed by atoms with Crippen LogP contribution in [-0.2, 0) is 21.2 Å². The van der Waals surface area contributed by atoms with Crippen LogP contribution in [0.2, 0.25) is 0 Å². The number of esters is 1. The predicted octanol–water partition coefficient (Wildman–Crippen LogP) is 4.07. The normalized spacial score (nSPS) is 15.1. The summed E-state index contributed by atoms with van der Waals surface area (Å²) in [5.41, 5.74) is 1.83. The van der Waals surface area contributed by atoms with E-state index < -0.39 is 16.0 Å². The van der Waals surface area contributed by atoms with Gasteiger partial charge in [0.05, 0.1) is 23.3 Å². The Hall–Kier alpha value is -3.52. The van der Waals surface area contributed by atoms with Gasteiger partial charge in [-0.1, -0.05) is 24.3 Å². The molecule has 1 atom stereocenters. The molecule has 0 radical (unpaired) electrons. The highest BCUT2D eigenvalue weighted by Crippen LogP contribution is 2.36. The Morgan fingerprint density at radius 2 is 1.70 bits per heavy atom. The van der Waals surface area contributed by atoms with Gasteiger partial charge >= 0.3 is 5.97 Å². The van der Waals surface area contributed by atoms with Crippen LogP contribution in [0.15, 0.2) is 77.7 Å². The number of ether oxygens (including phenoxy) is 3. The zero-order valence-corrected chi connectivity index (χ0v) is 19.2. The fraction of sp³-hybridized carbons (Fsp3) is 0.240. The number of rotatable bonds is 8. The third kappa shape index (κ3) is 4.80. The number of nitrogens with zero attached hydrogens (tertiary/aromatic N) is 1. The molecule has 0 saturated heterocycles. The maximum atomic E-state index is 13.4. The summed E-state index contributed by atoms with van der Waals surface area (Å²) >= 11 is 0. The lowest BCUT2D eigenvalue weighted by atomic mass is 10.1. The van der Waals surface area contributed by atoms with Crippen LogP contribution in [0.1, 0.15) is 22.8 Å². The third-order valence-corrected chi connectivity index (χ3v) is 7.34. The second kappa shape index (κ2) is 9.54. The van der Waals surface area contributed by atoms with E-state index in [-0.39, 0.29) is 29.7 Å². The van der Waals surface area contributed by atoms with Gasteiger partial charge in [0.15, 0.2) is 0 Å². The first-order valence-electron chi connectivity index (χ1n) is 10.6. The predicted molar refractivity (Wildman–Crippen MR) is 124 cm³/mol. The van der Waals surface area contributed by atoms with E-state index in [1.807, 2.05) is 25.1 Å². The molecule has 0 N–H and O–H groups in total. The molecule has 0 spiro atoms. The Bertz CT molecular complexity index is 1240. The zero-order chi connectivity index (χ0) is 23.4. The first-order chi connectivity index (χ1) is 15.9. The SMILES string of the molecule is COc1ccc(OCCOC(=O)c2cccc(S(=O)(=O)N3c4ccccc4CC3C)c2)cc1. The Morgan fingerprint density at radius 3 is 2.45 bits per heavy atom. The van der Waals surface area contributed by atoms with Gasteiger partial charge in [-0.05, 0) is 67.4 Å². The number of benzene rings is 3. The molecule has 3 aromatic carbocycles. The average molecular weight is 468 g/mol. The highest BCUT2D eigenvalue weighted by Gasteiger charge is 2.36. The van der Waals surface area contributed by atoms with Gasteiger partial charge in [-0.15, -0.1) is 0 Å². The summed E-state index contributed by atoms with van der Waals surface area (Å²) < 4.78 is 44.1. The van der Waals surface area contributed by atoms with Crippen molar-refractivity contribution >= 4 is 21.7 Å². The monoisotopic (exact) mass is 467 g/mol. The minimum absolute atomic E-state index is 0.0262. The number of hydrogen-bond donors (Lipinski definition) is 0. The average Bonchev–Trinajstić information content (AvgIpc) is 3.18. The Labute approximate surface area is 193 Å². The summed E-state index contributed by atoms with van der Waals surface area (Å²) in [6.45, 7) is 2.06. The van der Waals surface area contributed by atoms with Gasteiger partial charge in [-0.2, -0.15) is 0 Å². The fourth-order valence-electron chi connectivity index (χ4n) is 3.85. The molecule has 8 heteroatoms. The van der Waals surface area contributed by atoms with Crippen molar-refractivity contribution in [2.75, 3.05) is 24.6 Å². The van der Waals surface area contributed by atoms with E-state index in [0.717, 1.165) is 11.3 Å². The van der Waals surface area contributed by atoms with Crippen LogP contribution in [-0.4, -0.2) is 40.8 Å². The number of carbonyl (C=O) groups excluding carboxylic acids is 1. The van der Waals surface area contributed by atoms with Crippen molar-refractivity contribution < 1.29 is 27.4 Å². The number of para-hydroxylation sites is 1. The van der Waals surface area contributed by atoms with E-state index in [1.165, 1.54) is 22.5 Å². The largest absolute Gasteiger partial charge is 0.497 e. The zero-order valence-electron chi connectivity index (χ0n) is 18.4. The molecule has 0 amide bonds. The summed E-state index contributed by atoms with van der Waals surface area (Å²) in [6.07, 6.45) is 0.644. The molecule has 172 valence electrons. The van der Waals surface area contributed by atoms with Gasteiger partial charge in [0, 0.05) is 6.04 Å². The van der Waals surface area contributed by atoms with E-state index in [9.17, 15) is 13.2 Å². The minimum atomic E-state index is -3.83. The van der Waals surface area contributed by atoms with Gasteiger partial charge in [0.25, 0.3) is 10.0 Å². The molecule has 0 fully saturated rings. The summed E-state index contributed by atoms with van der Waals surface area (Å²) in [5, 5.41) is 0. The van der Waals surface area contributed by atoms with Crippen molar-refractivity contribution in [3.05, 3.63) is 83.9 Å². The van der Waals surface area contributed by atoms with Gasteiger partial charge in [-0.3, -0.25) is 4.31 Å². The van der Waals surface area contributed by atoms with Crippen LogP contribution in [0, 0.1) is 0 Å². The lowest BCUT2D eigenvalue weighted by molar-refractivity contribution is 0.0450. The summed E-state index contributed by atoms with van der Waals surface area (Å²) in [7, 11) is -2.25.